The van der Waals surface area contributed by atoms with Gasteiger partial charge in [0.05, 0.1) is 0 Å². The third-order valence-electron chi connectivity index (χ3n) is 2.76. The maximum Gasteiger partial charge on any atom is 0.193 e. The molecule has 0 aliphatic rings. The van der Waals surface area contributed by atoms with Crippen LogP contribution in [-0.2, 0) is 0 Å². The minimum atomic E-state index is 0.0730. The molecule has 2 heteroatoms. The first-order valence-corrected chi connectivity index (χ1v) is 6.25. The van der Waals surface area contributed by atoms with Crippen molar-refractivity contribution >= 4 is 21.7 Å². The highest BCUT2D eigenvalue weighted by Gasteiger charge is 2.11. The van der Waals surface area contributed by atoms with Gasteiger partial charge in [-0.05, 0) is 31.5 Å². The van der Waals surface area contributed by atoms with E-state index in [0.29, 0.717) is 0 Å². The standard InChI is InChI=1S/C15H13BrO/c1-10-3-6-12(7-4-10)15(17)14-9-13(16)8-5-11(14)2/h3-9H,1-2H3. The molecule has 0 aliphatic carbocycles. The zero-order valence-electron chi connectivity index (χ0n) is 9.83. The van der Waals surface area contributed by atoms with Gasteiger partial charge < -0.3 is 0 Å². The molecule has 0 fully saturated rings. The molecular weight excluding hydrogens is 276 g/mol. The maximum absolute atomic E-state index is 12.3. The summed E-state index contributed by atoms with van der Waals surface area (Å²) in [5.41, 5.74) is 3.64. The normalized spacial score (nSPS) is 10.3. The molecule has 0 aliphatic heterocycles. The van der Waals surface area contributed by atoms with Crippen LogP contribution in [0.4, 0.5) is 0 Å². The van der Waals surface area contributed by atoms with E-state index in [1.165, 1.54) is 0 Å². The van der Waals surface area contributed by atoms with Crippen molar-refractivity contribution in [3.05, 3.63) is 69.2 Å². The Hall–Kier alpha value is -1.41. The lowest BCUT2D eigenvalue weighted by Gasteiger charge is -2.06. The first kappa shape index (κ1) is 12.1. The number of carbonyl (C=O) groups excluding carboxylic acids is 1. The Morgan fingerprint density at radius 2 is 1.65 bits per heavy atom. The number of hydrogen-bond acceptors (Lipinski definition) is 1. The topological polar surface area (TPSA) is 17.1 Å². The summed E-state index contributed by atoms with van der Waals surface area (Å²) in [5.74, 6) is 0.0730. The summed E-state index contributed by atoms with van der Waals surface area (Å²) < 4.78 is 0.929. The molecule has 0 bridgehead atoms. The summed E-state index contributed by atoms with van der Waals surface area (Å²) in [5, 5.41) is 0. The van der Waals surface area contributed by atoms with Crippen LogP contribution in [0, 0.1) is 13.8 Å². The minimum absolute atomic E-state index is 0.0730. The lowest BCUT2D eigenvalue weighted by molar-refractivity contribution is 0.103. The molecule has 0 spiro atoms. The zero-order valence-corrected chi connectivity index (χ0v) is 11.4. The van der Waals surface area contributed by atoms with Gasteiger partial charge in [0.15, 0.2) is 5.78 Å². The van der Waals surface area contributed by atoms with Gasteiger partial charge in [0.2, 0.25) is 0 Å². The van der Waals surface area contributed by atoms with Crippen molar-refractivity contribution in [1.82, 2.24) is 0 Å². The van der Waals surface area contributed by atoms with Gasteiger partial charge in [-0.3, -0.25) is 4.79 Å². The highest BCUT2D eigenvalue weighted by molar-refractivity contribution is 9.10. The molecule has 0 saturated heterocycles. The van der Waals surface area contributed by atoms with Crippen molar-refractivity contribution in [3.8, 4) is 0 Å². The summed E-state index contributed by atoms with van der Waals surface area (Å²) in [6, 6.07) is 13.4. The maximum atomic E-state index is 12.3. The Bertz CT molecular complexity index is 556. The second kappa shape index (κ2) is 4.84. The van der Waals surface area contributed by atoms with Gasteiger partial charge in [0, 0.05) is 15.6 Å². The molecule has 86 valence electrons. The molecule has 0 aromatic heterocycles. The summed E-state index contributed by atoms with van der Waals surface area (Å²) in [4.78, 5) is 12.3. The van der Waals surface area contributed by atoms with E-state index in [4.69, 9.17) is 0 Å². The molecule has 17 heavy (non-hydrogen) atoms. The van der Waals surface area contributed by atoms with Gasteiger partial charge in [-0.1, -0.05) is 51.8 Å². The molecule has 2 aromatic rings. The quantitative estimate of drug-likeness (QED) is 0.753. The van der Waals surface area contributed by atoms with Crippen LogP contribution in [-0.4, -0.2) is 5.78 Å². The highest BCUT2D eigenvalue weighted by Crippen LogP contribution is 2.19. The lowest BCUT2D eigenvalue weighted by Crippen LogP contribution is -2.03. The van der Waals surface area contributed by atoms with Gasteiger partial charge in [-0.2, -0.15) is 0 Å². The fraction of sp³-hybridized carbons (Fsp3) is 0.133. The molecule has 0 unspecified atom stereocenters. The smallest absolute Gasteiger partial charge is 0.193 e. The van der Waals surface area contributed by atoms with E-state index in [2.05, 4.69) is 15.9 Å². The number of aryl methyl sites for hydroxylation is 2. The first-order valence-electron chi connectivity index (χ1n) is 5.45. The van der Waals surface area contributed by atoms with Gasteiger partial charge in [-0.25, -0.2) is 0 Å². The largest absolute Gasteiger partial charge is 0.289 e. The van der Waals surface area contributed by atoms with Crippen LogP contribution in [0.2, 0.25) is 0 Å². The van der Waals surface area contributed by atoms with Crippen molar-refractivity contribution in [2.75, 3.05) is 0 Å². The summed E-state index contributed by atoms with van der Waals surface area (Å²) in [7, 11) is 0. The molecule has 0 N–H and O–H groups in total. The number of hydrogen-bond donors (Lipinski definition) is 0. The Kier molecular flexibility index (Phi) is 3.43. The first-order chi connectivity index (χ1) is 8.08. The van der Waals surface area contributed by atoms with Crippen LogP contribution in [0.5, 0.6) is 0 Å². The Labute approximate surface area is 110 Å². The van der Waals surface area contributed by atoms with Gasteiger partial charge in [0.1, 0.15) is 0 Å². The molecule has 2 aromatic carbocycles. The molecule has 0 amide bonds. The fourth-order valence-electron chi connectivity index (χ4n) is 1.70. The molecular formula is C15H13BrO. The highest BCUT2D eigenvalue weighted by atomic mass is 79.9. The van der Waals surface area contributed by atoms with Crippen LogP contribution in [0.1, 0.15) is 27.0 Å². The van der Waals surface area contributed by atoms with E-state index in [1.807, 2.05) is 56.3 Å². The van der Waals surface area contributed by atoms with Crippen molar-refractivity contribution < 1.29 is 4.79 Å². The summed E-state index contributed by atoms with van der Waals surface area (Å²) in [6.45, 7) is 3.96. The van der Waals surface area contributed by atoms with Crippen LogP contribution in [0.25, 0.3) is 0 Å². The molecule has 0 atom stereocenters. The second-order valence-electron chi connectivity index (χ2n) is 4.15. The van der Waals surface area contributed by atoms with E-state index in [-0.39, 0.29) is 5.78 Å². The summed E-state index contributed by atoms with van der Waals surface area (Å²) >= 11 is 3.40. The predicted molar refractivity (Wildman–Crippen MR) is 73.5 cm³/mol. The van der Waals surface area contributed by atoms with Gasteiger partial charge in [-0.15, -0.1) is 0 Å². The minimum Gasteiger partial charge on any atom is -0.289 e. The van der Waals surface area contributed by atoms with Crippen LogP contribution >= 0.6 is 15.9 Å². The Balaban J connectivity index is 2.43. The lowest BCUT2D eigenvalue weighted by atomic mass is 9.99. The van der Waals surface area contributed by atoms with E-state index < -0.39 is 0 Å². The zero-order chi connectivity index (χ0) is 12.4. The SMILES string of the molecule is Cc1ccc(C(=O)c2cc(Br)ccc2C)cc1. The number of carbonyl (C=O) groups is 1. The summed E-state index contributed by atoms with van der Waals surface area (Å²) in [6.07, 6.45) is 0. The number of rotatable bonds is 2. The number of benzene rings is 2. The van der Waals surface area contributed by atoms with Crippen molar-refractivity contribution in [2.24, 2.45) is 0 Å². The van der Waals surface area contributed by atoms with Gasteiger partial charge in [0.25, 0.3) is 0 Å². The fourth-order valence-corrected chi connectivity index (χ4v) is 2.06. The third-order valence-corrected chi connectivity index (χ3v) is 3.25. The molecule has 0 radical (unpaired) electrons. The monoisotopic (exact) mass is 288 g/mol. The van der Waals surface area contributed by atoms with Crippen LogP contribution in [0.3, 0.4) is 0 Å². The van der Waals surface area contributed by atoms with E-state index >= 15 is 0 Å². The second-order valence-corrected chi connectivity index (χ2v) is 5.07. The van der Waals surface area contributed by atoms with E-state index in [1.54, 1.807) is 0 Å². The van der Waals surface area contributed by atoms with Crippen molar-refractivity contribution in [1.29, 1.82) is 0 Å². The number of halogens is 1. The van der Waals surface area contributed by atoms with Crippen molar-refractivity contribution in [2.45, 2.75) is 13.8 Å². The van der Waals surface area contributed by atoms with Crippen LogP contribution < -0.4 is 0 Å². The molecule has 0 saturated carbocycles. The van der Waals surface area contributed by atoms with Crippen molar-refractivity contribution in [3.63, 3.8) is 0 Å². The average Bonchev–Trinajstić information content (AvgIpc) is 2.32. The van der Waals surface area contributed by atoms with E-state index in [9.17, 15) is 4.79 Å². The predicted octanol–water partition coefficient (Wildman–Crippen LogP) is 4.30. The molecule has 0 heterocycles. The van der Waals surface area contributed by atoms with Crippen LogP contribution in [0.15, 0.2) is 46.9 Å². The average molecular weight is 289 g/mol. The molecule has 1 nitrogen and oxygen atoms in total. The molecule has 2 rings (SSSR count). The Morgan fingerprint density at radius 3 is 2.29 bits per heavy atom. The van der Waals surface area contributed by atoms with Gasteiger partial charge >= 0.3 is 0 Å². The van der Waals surface area contributed by atoms with E-state index in [0.717, 1.165) is 26.7 Å². The number of ketones is 1. The third kappa shape index (κ3) is 2.64. The Morgan fingerprint density at radius 1 is 1.00 bits per heavy atom.